The second-order valence-electron chi connectivity index (χ2n) is 9.53. The molecule has 1 aliphatic rings. The zero-order chi connectivity index (χ0) is 29.1. The maximum Gasteiger partial charge on any atom is 0.300 e. The zero-order valence-corrected chi connectivity index (χ0v) is 22.4. The van der Waals surface area contributed by atoms with E-state index in [0.29, 0.717) is 41.4 Å². The largest absolute Gasteiger partial charge is 0.507 e. The second kappa shape index (κ2) is 11.6. The molecule has 0 saturated carbocycles. The third-order valence-corrected chi connectivity index (χ3v) is 6.80. The van der Waals surface area contributed by atoms with Crippen LogP contribution in [0.15, 0.2) is 96.6 Å². The summed E-state index contributed by atoms with van der Waals surface area (Å²) >= 11 is 0. The SMILES string of the molecule is CCOc1cccc(C2/C(=C(\O)c3ccc(OCc4ccccc4)c(C)c3)C(=O)C(=O)N2c2ccc(F)c(F)c2)c1. The van der Waals surface area contributed by atoms with Gasteiger partial charge in [0.2, 0.25) is 0 Å². The molecular weight excluding hydrogens is 528 g/mol. The molecule has 1 N–H and O–H groups in total. The minimum Gasteiger partial charge on any atom is -0.507 e. The van der Waals surface area contributed by atoms with Crippen LogP contribution in [0, 0.1) is 18.6 Å². The van der Waals surface area contributed by atoms with Crippen LogP contribution in [0.2, 0.25) is 0 Å². The highest BCUT2D eigenvalue weighted by atomic mass is 19.2. The van der Waals surface area contributed by atoms with Gasteiger partial charge in [0.1, 0.15) is 23.9 Å². The van der Waals surface area contributed by atoms with E-state index in [-0.39, 0.29) is 11.3 Å². The summed E-state index contributed by atoms with van der Waals surface area (Å²) in [5, 5.41) is 11.5. The molecule has 208 valence electrons. The molecule has 1 atom stereocenters. The number of aliphatic hydroxyl groups excluding tert-OH is 1. The van der Waals surface area contributed by atoms with Crippen molar-refractivity contribution in [3.05, 3.63) is 130 Å². The Morgan fingerprint density at radius 2 is 1.66 bits per heavy atom. The van der Waals surface area contributed by atoms with Crippen molar-refractivity contribution in [3.8, 4) is 11.5 Å². The lowest BCUT2D eigenvalue weighted by Gasteiger charge is -2.26. The zero-order valence-electron chi connectivity index (χ0n) is 22.4. The average Bonchev–Trinajstić information content (AvgIpc) is 3.24. The van der Waals surface area contributed by atoms with Crippen molar-refractivity contribution in [3.63, 3.8) is 0 Å². The summed E-state index contributed by atoms with van der Waals surface area (Å²) < 4.78 is 39.5. The lowest BCUT2D eigenvalue weighted by Crippen LogP contribution is -2.29. The van der Waals surface area contributed by atoms with Crippen LogP contribution >= 0.6 is 0 Å². The summed E-state index contributed by atoms with van der Waals surface area (Å²) in [7, 11) is 0. The molecule has 0 spiro atoms. The fourth-order valence-corrected chi connectivity index (χ4v) is 4.84. The predicted octanol–water partition coefficient (Wildman–Crippen LogP) is 6.88. The number of nitrogens with zero attached hydrogens (tertiary/aromatic N) is 1. The van der Waals surface area contributed by atoms with Crippen molar-refractivity contribution in [1.82, 2.24) is 0 Å². The van der Waals surface area contributed by atoms with E-state index in [9.17, 15) is 23.5 Å². The summed E-state index contributed by atoms with van der Waals surface area (Å²) in [5.74, 6) is -3.54. The molecule has 1 fully saturated rings. The summed E-state index contributed by atoms with van der Waals surface area (Å²) in [5.41, 5.74) is 2.22. The highest BCUT2D eigenvalue weighted by molar-refractivity contribution is 6.51. The molecule has 0 bridgehead atoms. The molecule has 6 nitrogen and oxygen atoms in total. The highest BCUT2D eigenvalue weighted by Crippen LogP contribution is 2.43. The molecule has 1 heterocycles. The van der Waals surface area contributed by atoms with E-state index >= 15 is 0 Å². The van der Waals surface area contributed by atoms with E-state index < -0.39 is 35.1 Å². The molecule has 0 radical (unpaired) electrons. The Kier molecular flexibility index (Phi) is 7.83. The van der Waals surface area contributed by atoms with E-state index in [1.807, 2.05) is 37.3 Å². The standard InChI is InChI=1S/C33H27F2NO5/c1-3-40-25-11-7-10-22(17-25)30-29(32(38)33(39)36(30)24-13-14-26(34)27(35)18-24)31(37)23-12-15-28(20(2)16-23)41-19-21-8-5-4-6-9-21/h4-18,30,37H,3,19H2,1-2H3/b31-29+. The highest BCUT2D eigenvalue weighted by Gasteiger charge is 2.47. The van der Waals surface area contributed by atoms with Crippen LogP contribution in [0.1, 0.15) is 35.2 Å². The lowest BCUT2D eigenvalue weighted by atomic mass is 9.94. The first-order valence-electron chi connectivity index (χ1n) is 13.0. The Hall–Kier alpha value is -4.98. The molecule has 1 aliphatic heterocycles. The van der Waals surface area contributed by atoms with E-state index in [1.165, 1.54) is 6.07 Å². The number of halogens is 2. The molecular formula is C33H27F2NO5. The Bertz CT molecular complexity index is 1650. The quantitative estimate of drug-likeness (QED) is 0.146. The maximum atomic E-state index is 14.2. The number of benzene rings is 4. The smallest absolute Gasteiger partial charge is 0.300 e. The molecule has 1 unspecified atom stereocenters. The molecule has 0 aromatic heterocycles. The van der Waals surface area contributed by atoms with Crippen molar-refractivity contribution >= 4 is 23.1 Å². The minimum atomic E-state index is -1.17. The first kappa shape index (κ1) is 27.6. The van der Waals surface area contributed by atoms with E-state index in [4.69, 9.17) is 9.47 Å². The Balaban J connectivity index is 1.58. The molecule has 1 amide bonds. The average molecular weight is 556 g/mol. The predicted molar refractivity (Wildman–Crippen MR) is 151 cm³/mol. The van der Waals surface area contributed by atoms with Crippen LogP contribution < -0.4 is 14.4 Å². The fourth-order valence-electron chi connectivity index (χ4n) is 4.84. The number of aliphatic hydroxyl groups is 1. The lowest BCUT2D eigenvalue weighted by molar-refractivity contribution is -0.132. The molecule has 0 aliphatic carbocycles. The van der Waals surface area contributed by atoms with Crippen LogP contribution in [-0.2, 0) is 16.2 Å². The number of aryl methyl sites for hydroxylation is 1. The Morgan fingerprint density at radius 3 is 2.37 bits per heavy atom. The van der Waals surface area contributed by atoms with E-state index in [0.717, 1.165) is 22.6 Å². The molecule has 4 aromatic carbocycles. The third-order valence-electron chi connectivity index (χ3n) is 6.80. The van der Waals surface area contributed by atoms with Gasteiger partial charge in [0.05, 0.1) is 18.2 Å². The van der Waals surface area contributed by atoms with Crippen LogP contribution in [0.4, 0.5) is 14.5 Å². The van der Waals surface area contributed by atoms with Crippen LogP contribution in [-0.4, -0.2) is 23.4 Å². The maximum absolute atomic E-state index is 14.2. The minimum absolute atomic E-state index is 0.0299. The van der Waals surface area contributed by atoms with Gasteiger partial charge in [-0.2, -0.15) is 0 Å². The number of ketones is 1. The van der Waals surface area contributed by atoms with Crippen molar-refractivity contribution < 1.29 is 33.0 Å². The molecule has 8 heteroatoms. The third kappa shape index (κ3) is 5.54. The van der Waals surface area contributed by atoms with Gasteiger partial charge in [0.15, 0.2) is 11.6 Å². The first-order valence-corrected chi connectivity index (χ1v) is 13.0. The van der Waals surface area contributed by atoms with Crippen LogP contribution in [0.25, 0.3) is 5.76 Å². The van der Waals surface area contributed by atoms with Gasteiger partial charge in [0.25, 0.3) is 11.7 Å². The van der Waals surface area contributed by atoms with Crippen LogP contribution in [0.5, 0.6) is 11.5 Å². The number of hydrogen-bond acceptors (Lipinski definition) is 5. The van der Waals surface area contributed by atoms with E-state index in [1.54, 1.807) is 49.4 Å². The normalized spacial score (nSPS) is 16.2. The van der Waals surface area contributed by atoms with Gasteiger partial charge in [-0.15, -0.1) is 0 Å². The second-order valence-corrected chi connectivity index (χ2v) is 9.53. The van der Waals surface area contributed by atoms with Crippen molar-refractivity contribution in [1.29, 1.82) is 0 Å². The van der Waals surface area contributed by atoms with Gasteiger partial charge >= 0.3 is 0 Å². The number of carbonyl (C=O) groups excluding carboxylic acids is 2. The topological polar surface area (TPSA) is 76.1 Å². The summed E-state index contributed by atoms with van der Waals surface area (Å²) in [6, 6.07) is 23.1. The summed E-state index contributed by atoms with van der Waals surface area (Å²) in [6.07, 6.45) is 0. The van der Waals surface area contributed by atoms with E-state index in [2.05, 4.69) is 0 Å². The van der Waals surface area contributed by atoms with Gasteiger partial charge in [-0.05, 0) is 73.0 Å². The first-order chi connectivity index (χ1) is 19.8. The van der Waals surface area contributed by atoms with Crippen molar-refractivity contribution in [2.24, 2.45) is 0 Å². The number of hydrogen-bond donors (Lipinski definition) is 1. The van der Waals surface area contributed by atoms with Crippen molar-refractivity contribution in [2.45, 2.75) is 26.5 Å². The molecule has 4 aromatic rings. The summed E-state index contributed by atoms with van der Waals surface area (Å²) in [6.45, 7) is 4.35. The molecule has 1 saturated heterocycles. The Labute approximate surface area is 236 Å². The Morgan fingerprint density at radius 1 is 0.878 bits per heavy atom. The van der Waals surface area contributed by atoms with Gasteiger partial charge in [-0.25, -0.2) is 8.78 Å². The van der Waals surface area contributed by atoms with Gasteiger partial charge < -0.3 is 14.6 Å². The molecule has 5 rings (SSSR count). The molecule has 41 heavy (non-hydrogen) atoms. The summed E-state index contributed by atoms with van der Waals surface area (Å²) in [4.78, 5) is 27.8. The van der Waals surface area contributed by atoms with Gasteiger partial charge in [-0.3, -0.25) is 14.5 Å². The number of Topliss-reactive ketones (excluding diaryl/α,β-unsaturated/α-hetero) is 1. The van der Waals surface area contributed by atoms with Crippen molar-refractivity contribution in [2.75, 3.05) is 11.5 Å². The number of ether oxygens (including phenoxy) is 2. The fraction of sp³-hybridized carbons (Fsp3) is 0.152. The number of rotatable bonds is 8. The van der Waals surface area contributed by atoms with Gasteiger partial charge in [0, 0.05) is 17.3 Å². The monoisotopic (exact) mass is 555 g/mol. The van der Waals surface area contributed by atoms with Gasteiger partial charge in [-0.1, -0.05) is 42.5 Å². The van der Waals surface area contributed by atoms with Crippen LogP contribution in [0.3, 0.4) is 0 Å². The number of carbonyl (C=O) groups is 2. The number of amides is 1. The number of anilines is 1.